The van der Waals surface area contributed by atoms with E-state index in [1.165, 1.54) is 36.0 Å². The molecule has 0 bridgehead atoms. The highest BCUT2D eigenvalue weighted by Crippen LogP contribution is 2.50. The molecule has 1 fully saturated rings. The van der Waals surface area contributed by atoms with Crippen molar-refractivity contribution in [3.05, 3.63) is 83.7 Å². The third-order valence-electron chi connectivity index (χ3n) is 7.31. The lowest BCUT2D eigenvalue weighted by atomic mass is 9.91. The summed E-state index contributed by atoms with van der Waals surface area (Å²) in [5.41, 5.74) is 7.91. The van der Waals surface area contributed by atoms with Gasteiger partial charge in [-0.05, 0) is 80.8 Å². The number of nitrogens with two attached hydrogens (primary N) is 1. The van der Waals surface area contributed by atoms with Crippen LogP contribution in [-0.4, -0.2) is 47.7 Å². The minimum absolute atomic E-state index is 0.0732. The first-order valence-electron chi connectivity index (χ1n) is 13.4. The van der Waals surface area contributed by atoms with Gasteiger partial charge in [-0.1, -0.05) is 43.3 Å². The van der Waals surface area contributed by atoms with Crippen molar-refractivity contribution in [2.45, 2.75) is 74.3 Å². The first kappa shape index (κ1) is 30.1. The van der Waals surface area contributed by atoms with Crippen LogP contribution in [0, 0.1) is 0 Å². The Balaban J connectivity index is 1.80. The Morgan fingerprint density at radius 1 is 1.05 bits per heavy atom. The molecule has 0 aliphatic heterocycles. The van der Waals surface area contributed by atoms with Crippen LogP contribution in [0.15, 0.2) is 71.9 Å². The summed E-state index contributed by atoms with van der Waals surface area (Å²) in [6, 6.07) is 16.6. The van der Waals surface area contributed by atoms with E-state index >= 15 is 0 Å². The van der Waals surface area contributed by atoms with E-state index in [0.717, 1.165) is 24.2 Å². The maximum Gasteiger partial charge on any atom is 0.416 e. The number of nitrogens with zero attached hydrogens (tertiary/aromatic N) is 3. The SMILES string of the molecule is CCC1(c2ccc(CC(N)(c3cccc(N(CC(=O)O)C(=O)OC(C)(C)C)n3)S(=O)(=O)c3ccccn3)cc2)CC1. The van der Waals surface area contributed by atoms with Gasteiger partial charge in [-0.3, -0.25) is 9.69 Å². The third kappa shape index (κ3) is 6.41. The summed E-state index contributed by atoms with van der Waals surface area (Å²) < 4.78 is 33.6. The molecule has 3 aromatic rings. The summed E-state index contributed by atoms with van der Waals surface area (Å²) in [7, 11) is -4.34. The molecular weight excluding hydrogens is 544 g/mol. The monoisotopic (exact) mass is 580 g/mol. The van der Waals surface area contributed by atoms with E-state index in [-0.39, 0.29) is 28.4 Å². The second-order valence-electron chi connectivity index (χ2n) is 11.4. The summed E-state index contributed by atoms with van der Waals surface area (Å²) in [6.45, 7) is 6.35. The Morgan fingerprint density at radius 2 is 1.73 bits per heavy atom. The van der Waals surface area contributed by atoms with Crippen LogP contribution in [0.25, 0.3) is 0 Å². The van der Waals surface area contributed by atoms with Gasteiger partial charge in [0.1, 0.15) is 18.0 Å². The molecule has 218 valence electrons. The highest BCUT2D eigenvalue weighted by Gasteiger charge is 2.46. The van der Waals surface area contributed by atoms with Gasteiger partial charge in [0.05, 0.1) is 5.69 Å². The molecule has 0 radical (unpaired) electrons. The number of benzene rings is 1. The molecule has 41 heavy (non-hydrogen) atoms. The van der Waals surface area contributed by atoms with Crippen molar-refractivity contribution in [1.29, 1.82) is 0 Å². The summed E-state index contributed by atoms with van der Waals surface area (Å²) in [4.78, 5) is 31.8. The standard InChI is InChI=1S/C30H36N4O6S/c1-5-29(16-17-29)22-14-12-21(13-15-22)19-30(31,41(38,39)25-11-6-7-18-32-25)23-9-8-10-24(33-23)34(20-26(35)36)27(37)40-28(2,3)4/h6-15,18H,5,16-17,19-20,31H2,1-4H3,(H,35,36). The number of pyridine rings is 2. The predicted octanol–water partition coefficient (Wildman–Crippen LogP) is 4.57. The second-order valence-corrected chi connectivity index (χ2v) is 13.6. The molecule has 1 aliphatic carbocycles. The topological polar surface area (TPSA) is 153 Å². The Morgan fingerprint density at radius 3 is 2.27 bits per heavy atom. The van der Waals surface area contributed by atoms with Crippen molar-refractivity contribution < 1.29 is 27.9 Å². The maximum absolute atomic E-state index is 14.1. The van der Waals surface area contributed by atoms with Crippen molar-refractivity contribution >= 4 is 27.7 Å². The largest absolute Gasteiger partial charge is 0.480 e. The van der Waals surface area contributed by atoms with Crippen LogP contribution in [0.5, 0.6) is 0 Å². The molecule has 1 aromatic carbocycles. The fourth-order valence-electron chi connectivity index (χ4n) is 4.79. The van der Waals surface area contributed by atoms with Crippen molar-refractivity contribution in [1.82, 2.24) is 9.97 Å². The van der Waals surface area contributed by atoms with Crippen LogP contribution in [0.1, 0.15) is 63.8 Å². The Labute approximate surface area is 240 Å². The number of carbonyl (C=O) groups excluding carboxylic acids is 1. The lowest BCUT2D eigenvalue weighted by Crippen LogP contribution is -2.48. The molecule has 1 amide bonds. The highest BCUT2D eigenvalue weighted by atomic mass is 32.2. The number of sulfone groups is 1. The number of amides is 1. The molecule has 10 nitrogen and oxygen atoms in total. The first-order chi connectivity index (χ1) is 19.2. The van der Waals surface area contributed by atoms with Gasteiger partial charge in [-0.2, -0.15) is 0 Å². The Kier molecular flexibility index (Phi) is 8.24. The van der Waals surface area contributed by atoms with E-state index in [4.69, 9.17) is 10.5 Å². The van der Waals surface area contributed by atoms with E-state index in [2.05, 4.69) is 16.9 Å². The van der Waals surface area contributed by atoms with E-state index in [9.17, 15) is 23.1 Å². The number of anilines is 1. The average Bonchev–Trinajstić information content (AvgIpc) is 3.73. The van der Waals surface area contributed by atoms with Gasteiger partial charge < -0.3 is 15.6 Å². The first-order valence-corrected chi connectivity index (χ1v) is 14.9. The number of aromatic nitrogens is 2. The van der Waals surface area contributed by atoms with Crippen LogP contribution >= 0.6 is 0 Å². The summed E-state index contributed by atoms with van der Waals surface area (Å²) >= 11 is 0. The Hall–Kier alpha value is -3.83. The van der Waals surface area contributed by atoms with Gasteiger partial charge in [0.15, 0.2) is 9.90 Å². The number of carboxylic acids is 1. The predicted molar refractivity (Wildman–Crippen MR) is 154 cm³/mol. The quantitative estimate of drug-likeness (QED) is 0.351. The molecule has 2 aromatic heterocycles. The van der Waals surface area contributed by atoms with Crippen molar-refractivity contribution in [2.75, 3.05) is 11.4 Å². The van der Waals surface area contributed by atoms with Crippen molar-refractivity contribution in [3.8, 4) is 0 Å². The van der Waals surface area contributed by atoms with Crippen LogP contribution in [0.3, 0.4) is 0 Å². The molecule has 4 rings (SSSR count). The lowest BCUT2D eigenvalue weighted by molar-refractivity contribution is -0.135. The number of carbonyl (C=O) groups is 2. The molecule has 0 spiro atoms. The molecule has 11 heteroatoms. The van der Waals surface area contributed by atoms with Gasteiger partial charge in [-0.25, -0.2) is 23.2 Å². The van der Waals surface area contributed by atoms with Gasteiger partial charge in [0.2, 0.25) is 9.84 Å². The van der Waals surface area contributed by atoms with Crippen LogP contribution < -0.4 is 10.6 Å². The molecule has 1 atom stereocenters. The summed E-state index contributed by atoms with van der Waals surface area (Å²) in [5, 5.41) is 9.26. The van der Waals surface area contributed by atoms with E-state index in [1.807, 2.05) is 24.3 Å². The van der Waals surface area contributed by atoms with Crippen LogP contribution in [0.4, 0.5) is 10.6 Å². The molecule has 1 saturated carbocycles. The number of rotatable bonds is 10. The molecule has 1 aliphatic rings. The minimum Gasteiger partial charge on any atom is -0.480 e. The van der Waals surface area contributed by atoms with Gasteiger partial charge in [0.25, 0.3) is 0 Å². The third-order valence-corrected chi connectivity index (χ3v) is 9.41. The second kappa shape index (κ2) is 11.2. The molecule has 1 unspecified atom stereocenters. The average molecular weight is 581 g/mol. The molecule has 2 heterocycles. The summed E-state index contributed by atoms with van der Waals surface area (Å²) in [5.74, 6) is -1.41. The van der Waals surface area contributed by atoms with E-state index in [0.29, 0.717) is 5.56 Å². The van der Waals surface area contributed by atoms with Crippen molar-refractivity contribution in [3.63, 3.8) is 0 Å². The van der Waals surface area contributed by atoms with Crippen molar-refractivity contribution in [2.24, 2.45) is 5.73 Å². The normalized spacial score (nSPS) is 15.9. The number of ether oxygens (including phenoxy) is 1. The van der Waals surface area contributed by atoms with Gasteiger partial charge >= 0.3 is 12.1 Å². The number of hydrogen-bond acceptors (Lipinski definition) is 8. The molecular formula is C30H36N4O6S. The highest BCUT2D eigenvalue weighted by molar-refractivity contribution is 7.92. The van der Waals surface area contributed by atoms with E-state index < -0.39 is 38.9 Å². The number of hydrogen-bond donors (Lipinski definition) is 2. The van der Waals surface area contributed by atoms with Crippen LogP contribution in [-0.2, 0) is 36.1 Å². The summed E-state index contributed by atoms with van der Waals surface area (Å²) in [6.07, 6.45) is 3.55. The lowest BCUT2D eigenvalue weighted by Gasteiger charge is -2.30. The zero-order chi connectivity index (χ0) is 30.1. The zero-order valence-corrected chi connectivity index (χ0v) is 24.5. The minimum atomic E-state index is -4.34. The van der Waals surface area contributed by atoms with E-state index in [1.54, 1.807) is 32.9 Å². The molecule has 3 N–H and O–H groups in total. The smallest absolute Gasteiger partial charge is 0.416 e. The fourth-order valence-corrected chi connectivity index (χ4v) is 6.37. The zero-order valence-electron chi connectivity index (χ0n) is 23.7. The van der Waals surface area contributed by atoms with Crippen LogP contribution in [0.2, 0.25) is 0 Å². The Bertz CT molecular complexity index is 1520. The molecule has 0 saturated heterocycles. The maximum atomic E-state index is 14.1. The number of aliphatic carboxylic acids is 1. The van der Waals surface area contributed by atoms with Gasteiger partial charge in [-0.15, -0.1) is 0 Å². The number of carboxylic acid groups (broad SMARTS) is 1. The van der Waals surface area contributed by atoms with Gasteiger partial charge in [0, 0.05) is 12.6 Å². The fraction of sp³-hybridized carbons (Fsp3) is 0.400.